The number of hydrogen-bond donors (Lipinski definition) is 1. The molecule has 0 radical (unpaired) electrons. The molecule has 3 nitrogen and oxygen atoms in total. The molecule has 1 heterocycles. The van der Waals surface area contributed by atoms with E-state index in [1.807, 2.05) is 0 Å². The van der Waals surface area contributed by atoms with E-state index in [0.717, 1.165) is 15.7 Å². The smallest absolute Gasteiger partial charge is 0.224 e. The van der Waals surface area contributed by atoms with Crippen LogP contribution in [0.2, 0.25) is 0 Å². The highest BCUT2D eigenvalue weighted by Crippen LogP contribution is 2.32. The molecular formula is C12H11BrClNO2. The Morgan fingerprint density at radius 1 is 1.47 bits per heavy atom. The molecule has 1 N–H and O–H groups in total. The SMILES string of the molecule is CC(Cl)C(=O)c1cc(Br)c2c(c1)CCC(=O)N2. The molecule has 5 heteroatoms. The molecular weight excluding hydrogens is 305 g/mol. The second kappa shape index (κ2) is 4.78. The number of benzene rings is 1. The molecule has 2 rings (SSSR count). The highest BCUT2D eigenvalue weighted by atomic mass is 79.9. The molecule has 0 aromatic heterocycles. The average Bonchev–Trinajstić information content (AvgIpc) is 2.28. The molecule has 1 aliphatic rings. The van der Waals surface area contributed by atoms with Gasteiger partial charge in [0.25, 0.3) is 0 Å². The lowest BCUT2D eigenvalue weighted by atomic mass is 9.98. The average molecular weight is 317 g/mol. The third-order valence-electron chi connectivity index (χ3n) is 2.70. The second-order valence-electron chi connectivity index (χ2n) is 4.02. The van der Waals surface area contributed by atoms with Crippen LogP contribution in [0.3, 0.4) is 0 Å². The van der Waals surface area contributed by atoms with Gasteiger partial charge in [-0.2, -0.15) is 0 Å². The van der Waals surface area contributed by atoms with Gasteiger partial charge >= 0.3 is 0 Å². The first-order valence-electron chi connectivity index (χ1n) is 5.29. The Labute approximate surface area is 113 Å². The zero-order valence-corrected chi connectivity index (χ0v) is 11.6. The predicted octanol–water partition coefficient (Wildman–Crippen LogP) is 3.14. The van der Waals surface area contributed by atoms with Crippen LogP contribution in [0.4, 0.5) is 5.69 Å². The first kappa shape index (κ1) is 12.6. The summed E-state index contributed by atoms with van der Waals surface area (Å²) >= 11 is 9.15. The van der Waals surface area contributed by atoms with Crippen molar-refractivity contribution in [2.24, 2.45) is 0 Å². The van der Waals surface area contributed by atoms with Crippen LogP contribution < -0.4 is 5.32 Å². The van der Waals surface area contributed by atoms with E-state index >= 15 is 0 Å². The molecule has 1 aliphatic heterocycles. The summed E-state index contributed by atoms with van der Waals surface area (Å²) in [5.41, 5.74) is 2.31. The van der Waals surface area contributed by atoms with Crippen molar-refractivity contribution in [3.8, 4) is 0 Å². The summed E-state index contributed by atoms with van der Waals surface area (Å²) in [5, 5.41) is 2.25. The van der Waals surface area contributed by atoms with Crippen LogP contribution in [0.15, 0.2) is 16.6 Å². The van der Waals surface area contributed by atoms with Crippen molar-refractivity contribution >= 4 is 44.9 Å². The van der Waals surface area contributed by atoms with E-state index in [1.54, 1.807) is 19.1 Å². The van der Waals surface area contributed by atoms with Gasteiger partial charge in [0.1, 0.15) is 0 Å². The van der Waals surface area contributed by atoms with Gasteiger partial charge in [-0.3, -0.25) is 9.59 Å². The molecule has 1 aromatic rings. The van der Waals surface area contributed by atoms with Crippen molar-refractivity contribution in [2.75, 3.05) is 5.32 Å². The van der Waals surface area contributed by atoms with Gasteiger partial charge < -0.3 is 5.32 Å². The number of fused-ring (bicyclic) bond motifs is 1. The summed E-state index contributed by atoms with van der Waals surface area (Å²) < 4.78 is 0.726. The summed E-state index contributed by atoms with van der Waals surface area (Å²) in [6.45, 7) is 1.65. The summed E-state index contributed by atoms with van der Waals surface area (Å²) in [5.74, 6) is -0.102. The summed E-state index contributed by atoms with van der Waals surface area (Å²) in [6, 6.07) is 3.51. The third-order valence-corrected chi connectivity index (χ3v) is 3.53. The lowest BCUT2D eigenvalue weighted by molar-refractivity contribution is -0.116. The van der Waals surface area contributed by atoms with E-state index in [2.05, 4.69) is 21.2 Å². The van der Waals surface area contributed by atoms with E-state index < -0.39 is 5.38 Å². The van der Waals surface area contributed by atoms with Crippen molar-refractivity contribution in [3.63, 3.8) is 0 Å². The Morgan fingerprint density at radius 2 is 2.18 bits per heavy atom. The van der Waals surface area contributed by atoms with Gasteiger partial charge in [-0.1, -0.05) is 0 Å². The van der Waals surface area contributed by atoms with Gasteiger partial charge in [0.05, 0.1) is 11.1 Å². The maximum atomic E-state index is 11.8. The first-order chi connectivity index (χ1) is 7.99. The number of nitrogens with one attached hydrogen (secondary N) is 1. The predicted molar refractivity (Wildman–Crippen MR) is 70.7 cm³/mol. The molecule has 1 atom stereocenters. The minimum Gasteiger partial charge on any atom is -0.325 e. The Kier molecular flexibility index (Phi) is 3.54. The fourth-order valence-corrected chi connectivity index (χ4v) is 2.55. The molecule has 1 aromatic carbocycles. The van der Waals surface area contributed by atoms with Crippen LogP contribution in [0, 0.1) is 0 Å². The van der Waals surface area contributed by atoms with Gasteiger partial charge in [0, 0.05) is 16.5 Å². The van der Waals surface area contributed by atoms with Crippen LogP contribution in [-0.2, 0) is 11.2 Å². The number of rotatable bonds is 2. The van der Waals surface area contributed by atoms with Gasteiger partial charge in [-0.25, -0.2) is 0 Å². The molecule has 1 amide bonds. The molecule has 0 bridgehead atoms. The number of aryl methyl sites for hydroxylation is 1. The van der Waals surface area contributed by atoms with Crippen molar-refractivity contribution < 1.29 is 9.59 Å². The van der Waals surface area contributed by atoms with Gasteiger partial charge in [-0.15, -0.1) is 11.6 Å². The number of alkyl halides is 1. The molecule has 0 saturated heterocycles. The van der Waals surface area contributed by atoms with E-state index in [4.69, 9.17) is 11.6 Å². The number of Topliss-reactive ketones (excluding diaryl/α,β-unsaturated/α-hetero) is 1. The van der Waals surface area contributed by atoms with Crippen molar-refractivity contribution in [2.45, 2.75) is 25.1 Å². The Morgan fingerprint density at radius 3 is 2.82 bits per heavy atom. The van der Waals surface area contributed by atoms with Crippen LogP contribution >= 0.6 is 27.5 Å². The summed E-state index contributed by atoms with van der Waals surface area (Å²) in [7, 11) is 0. The van der Waals surface area contributed by atoms with Crippen molar-refractivity contribution in [1.82, 2.24) is 0 Å². The quantitative estimate of drug-likeness (QED) is 0.673. The number of ketones is 1. The lowest BCUT2D eigenvalue weighted by Crippen LogP contribution is -2.20. The maximum absolute atomic E-state index is 11.8. The fraction of sp³-hybridized carbons (Fsp3) is 0.333. The summed E-state index contributed by atoms with van der Waals surface area (Å²) in [6.07, 6.45) is 1.10. The van der Waals surface area contributed by atoms with Crippen molar-refractivity contribution in [3.05, 3.63) is 27.7 Å². The summed E-state index contributed by atoms with van der Waals surface area (Å²) in [4.78, 5) is 23.1. The van der Waals surface area contributed by atoms with E-state index in [0.29, 0.717) is 18.4 Å². The van der Waals surface area contributed by atoms with Gasteiger partial charge in [0.2, 0.25) is 5.91 Å². The molecule has 0 saturated carbocycles. The fourth-order valence-electron chi connectivity index (χ4n) is 1.82. The number of halogens is 2. The Bertz CT molecular complexity index is 500. The number of carbonyl (C=O) groups is 2. The number of amides is 1. The Balaban J connectivity index is 2.44. The van der Waals surface area contributed by atoms with E-state index in [1.165, 1.54) is 0 Å². The zero-order chi connectivity index (χ0) is 12.6. The van der Waals surface area contributed by atoms with Gasteiger partial charge in [-0.05, 0) is 47.0 Å². The highest BCUT2D eigenvalue weighted by Gasteiger charge is 2.21. The molecule has 0 aliphatic carbocycles. The largest absolute Gasteiger partial charge is 0.325 e. The van der Waals surface area contributed by atoms with Crippen LogP contribution in [0.1, 0.15) is 29.3 Å². The molecule has 90 valence electrons. The maximum Gasteiger partial charge on any atom is 0.224 e. The normalized spacial score (nSPS) is 16.1. The van der Waals surface area contributed by atoms with Crippen LogP contribution in [0.25, 0.3) is 0 Å². The number of anilines is 1. The monoisotopic (exact) mass is 315 g/mol. The first-order valence-corrected chi connectivity index (χ1v) is 6.52. The molecule has 0 fully saturated rings. The van der Waals surface area contributed by atoms with Gasteiger partial charge in [0.15, 0.2) is 5.78 Å². The Hall–Kier alpha value is -0.870. The number of carbonyl (C=O) groups excluding carboxylic acids is 2. The minimum atomic E-state index is -0.543. The lowest BCUT2D eigenvalue weighted by Gasteiger charge is -2.19. The standard InChI is InChI=1S/C12H11BrClNO2/c1-6(14)12(17)8-4-7-2-3-10(16)15-11(7)9(13)5-8/h4-6H,2-3H2,1H3,(H,15,16). The van der Waals surface area contributed by atoms with Crippen LogP contribution in [-0.4, -0.2) is 17.1 Å². The second-order valence-corrected chi connectivity index (χ2v) is 5.53. The molecule has 0 spiro atoms. The molecule has 17 heavy (non-hydrogen) atoms. The third kappa shape index (κ3) is 2.53. The topological polar surface area (TPSA) is 46.2 Å². The number of hydrogen-bond acceptors (Lipinski definition) is 2. The zero-order valence-electron chi connectivity index (χ0n) is 9.22. The van der Waals surface area contributed by atoms with Crippen LogP contribution in [0.5, 0.6) is 0 Å². The molecule has 1 unspecified atom stereocenters. The van der Waals surface area contributed by atoms with E-state index in [-0.39, 0.29) is 11.7 Å². The highest BCUT2D eigenvalue weighted by molar-refractivity contribution is 9.10. The van der Waals surface area contributed by atoms with E-state index in [9.17, 15) is 9.59 Å². The van der Waals surface area contributed by atoms with Crippen molar-refractivity contribution in [1.29, 1.82) is 0 Å². The minimum absolute atomic E-state index is 0.00277.